The van der Waals surface area contributed by atoms with Crippen molar-refractivity contribution in [3.63, 3.8) is 0 Å². The standard InChI is InChI=1S/C14H19N3O/c1-3-10(2)13(16)14(18)17-12-6-4-11(5-7-12)8-9-15/h4-7,10,13H,3,8,16H2,1-2H3,(H,17,18)/t10-,13-/m0/s1. The molecule has 0 radical (unpaired) electrons. The van der Waals surface area contributed by atoms with Gasteiger partial charge in [0, 0.05) is 5.69 Å². The molecule has 0 saturated heterocycles. The first kappa shape index (κ1) is 14.2. The number of nitriles is 1. The fourth-order valence-electron chi connectivity index (χ4n) is 1.54. The summed E-state index contributed by atoms with van der Waals surface area (Å²) < 4.78 is 0. The van der Waals surface area contributed by atoms with Crippen molar-refractivity contribution >= 4 is 11.6 Å². The van der Waals surface area contributed by atoms with Gasteiger partial charge in [0.05, 0.1) is 18.5 Å². The second kappa shape index (κ2) is 6.77. The second-order valence-electron chi connectivity index (χ2n) is 4.43. The molecule has 1 amide bonds. The van der Waals surface area contributed by atoms with Gasteiger partial charge in [-0.2, -0.15) is 5.26 Å². The molecule has 0 aliphatic carbocycles. The summed E-state index contributed by atoms with van der Waals surface area (Å²) in [5.41, 5.74) is 7.48. The minimum Gasteiger partial charge on any atom is -0.325 e. The Morgan fingerprint density at radius 1 is 1.44 bits per heavy atom. The highest BCUT2D eigenvalue weighted by Crippen LogP contribution is 2.12. The molecular weight excluding hydrogens is 226 g/mol. The summed E-state index contributed by atoms with van der Waals surface area (Å²) in [6, 6.07) is 8.81. The molecular formula is C14H19N3O. The number of nitrogens with two attached hydrogens (primary N) is 1. The van der Waals surface area contributed by atoms with E-state index in [4.69, 9.17) is 11.0 Å². The van der Waals surface area contributed by atoms with E-state index in [0.29, 0.717) is 12.1 Å². The zero-order valence-corrected chi connectivity index (χ0v) is 10.8. The molecule has 0 bridgehead atoms. The number of carbonyl (C=O) groups excluding carboxylic acids is 1. The van der Waals surface area contributed by atoms with Crippen molar-refractivity contribution < 1.29 is 4.79 Å². The lowest BCUT2D eigenvalue weighted by atomic mass is 9.99. The van der Waals surface area contributed by atoms with Crippen molar-refractivity contribution in [3.8, 4) is 6.07 Å². The van der Waals surface area contributed by atoms with E-state index in [1.807, 2.05) is 26.0 Å². The van der Waals surface area contributed by atoms with Crippen LogP contribution in [0.1, 0.15) is 25.8 Å². The molecule has 0 aromatic heterocycles. The van der Waals surface area contributed by atoms with Crippen LogP contribution in [0.15, 0.2) is 24.3 Å². The number of benzene rings is 1. The van der Waals surface area contributed by atoms with Gasteiger partial charge in [0.25, 0.3) is 0 Å². The van der Waals surface area contributed by atoms with Crippen molar-refractivity contribution in [2.75, 3.05) is 5.32 Å². The number of nitrogens with one attached hydrogen (secondary N) is 1. The smallest absolute Gasteiger partial charge is 0.241 e. The zero-order valence-electron chi connectivity index (χ0n) is 10.8. The summed E-state index contributed by atoms with van der Waals surface area (Å²) in [7, 11) is 0. The van der Waals surface area contributed by atoms with E-state index in [-0.39, 0.29) is 11.8 Å². The molecule has 0 aliphatic rings. The molecule has 0 spiro atoms. The van der Waals surface area contributed by atoms with Crippen LogP contribution in [0.2, 0.25) is 0 Å². The van der Waals surface area contributed by atoms with Crippen LogP contribution in [0.25, 0.3) is 0 Å². The Labute approximate surface area is 108 Å². The monoisotopic (exact) mass is 245 g/mol. The van der Waals surface area contributed by atoms with Crippen LogP contribution >= 0.6 is 0 Å². The summed E-state index contributed by atoms with van der Waals surface area (Å²) in [6.07, 6.45) is 1.25. The molecule has 4 heteroatoms. The zero-order chi connectivity index (χ0) is 13.5. The third-order valence-electron chi connectivity index (χ3n) is 3.06. The van der Waals surface area contributed by atoms with Gasteiger partial charge in [0.1, 0.15) is 0 Å². The highest BCUT2D eigenvalue weighted by molar-refractivity contribution is 5.94. The van der Waals surface area contributed by atoms with Crippen LogP contribution in [0.4, 0.5) is 5.69 Å². The van der Waals surface area contributed by atoms with Crippen LogP contribution in [-0.4, -0.2) is 11.9 Å². The number of anilines is 1. The quantitative estimate of drug-likeness (QED) is 0.833. The van der Waals surface area contributed by atoms with Crippen LogP contribution in [0, 0.1) is 17.2 Å². The van der Waals surface area contributed by atoms with Crippen molar-refractivity contribution in [2.45, 2.75) is 32.7 Å². The molecule has 0 fully saturated rings. The van der Waals surface area contributed by atoms with Gasteiger partial charge in [-0.05, 0) is 23.6 Å². The SMILES string of the molecule is CC[C@H](C)[C@H](N)C(=O)Nc1ccc(CC#N)cc1. The van der Waals surface area contributed by atoms with Gasteiger partial charge in [0.15, 0.2) is 0 Å². The van der Waals surface area contributed by atoms with Gasteiger partial charge in [-0.1, -0.05) is 32.4 Å². The van der Waals surface area contributed by atoms with E-state index in [1.54, 1.807) is 12.1 Å². The predicted octanol–water partition coefficient (Wildman–Crippen LogP) is 2.06. The average molecular weight is 245 g/mol. The van der Waals surface area contributed by atoms with Gasteiger partial charge in [-0.3, -0.25) is 4.79 Å². The maximum absolute atomic E-state index is 11.8. The third kappa shape index (κ3) is 3.86. The van der Waals surface area contributed by atoms with E-state index < -0.39 is 6.04 Å². The Kier molecular flexibility index (Phi) is 5.34. The first-order valence-corrected chi connectivity index (χ1v) is 6.10. The average Bonchev–Trinajstić information content (AvgIpc) is 2.39. The Hall–Kier alpha value is -1.86. The van der Waals surface area contributed by atoms with Gasteiger partial charge >= 0.3 is 0 Å². The third-order valence-corrected chi connectivity index (χ3v) is 3.06. The molecule has 0 heterocycles. The fourth-order valence-corrected chi connectivity index (χ4v) is 1.54. The molecule has 3 N–H and O–H groups in total. The van der Waals surface area contributed by atoms with E-state index in [1.165, 1.54) is 0 Å². The van der Waals surface area contributed by atoms with E-state index in [9.17, 15) is 4.79 Å². The minimum atomic E-state index is -0.492. The second-order valence-corrected chi connectivity index (χ2v) is 4.43. The van der Waals surface area contributed by atoms with E-state index >= 15 is 0 Å². The lowest BCUT2D eigenvalue weighted by Crippen LogP contribution is -2.40. The Morgan fingerprint density at radius 3 is 2.56 bits per heavy atom. The van der Waals surface area contributed by atoms with Gasteiger partial charge in [0.2, 0.25) is 5.91 Å². The number of hydrogen-bond acceptors (Lipinski definition) is 3. The van der Waals surface area contributed by atoms with Gasteiger partial charge < -0.3 is 11.1 Å². The maximum atomic E-state index is 11.8. The molecule has 1 rings (SSSR count). The summed E-state index contributed by atoms with van der Waals surface area (Å²) in [5.74, 6) is -0.0137. The maximum Gasteiger partial charge on any atom is 0.241 e. The van der Waals surface area contributed by atoms with Crippen molar-refractivity contribution in [2.24, 2.45) is 11.7 Å². The van der Waals surface area contributed by atoms with E-state index in [0.717, 1.165) is 12.0 Å². The largest absolute Gasteiger partial charge is 0.325 e. The number of amides is 1. The summed E-state index contributed by atoms with van der Waals surface area (Å²) in [4.78, 5) is 11.8. The van der Waals surface area contributed by atoms with Crippen LogP contribution < -0.4 is 11.1 Å². The molecule has 4 nitrogen and oxygen atoms in total. The normalized spacial score (nSPS) is 13.4. The van der Waals surface area contributed by atoms with Crippen molar-refractivity contribution in [1.82, 2.24) is 0 Å². The highest BCUT2D eigenvalue weighted by atomic mass is 16.2. The fraction of sp³-hybridized carbons (Fsp3) is 0.429. The van der Waals surface area contributed by atoms with Crippen LogP contribution in [-0.2, 0) is 11.2 Å². The first-order chi connectivity index (χ1) is 8.58. The number of rotatable bonds is 5. The van der Waals surface area contributed by atoms with Crippen molar-refractivity contribution in [3.05, 3.63) is 29.8 Å². The van der Waals surface area contributed by atoms with Crippen LogP contribution in [0.3, 0.4) is 0 Å². The van der Waals surface area contributed by atoms with Crippen molar-refractivity contribution in [1.29, 1.82) is 5.26 Å². The number of carbonyl (C=O) groups is 1. The lowest BCUT2D eigenvalue weighted by Gasteiger charge is -2.17. The number of nitrogens with zero attached hydrogens (tertiary/aromatic N) is 1. The summed E-state index contributed by atoms with van der Waals surface area (Å²) in [6.45, 7) is 3.97. The Balaban J connectivity index is 2.62. The molecule has 2 atom stereocenters. The molecule has 0 aliphatic heterocycles. The molecule has 96 valence electrons. The van der Waals surface area contributed by atoms with Crippen LogP contribution in [0.5, 0.6) is 0 Å². The van der Waals surface area contributed by atoms with Gasteiger partial charge in [-0.15, -0.1) is 0 Å². The first-order valence-electron chi connectivity index (χ1n) is 6.10. The number of hydrogen-bond donors (Lipinski definition) is 2. The molecule has 18 heavy (non-hydrogen) atoms. The van der Waals surface area contributed by atoms with Gasteiger partial charge in [-0.25, -0.2) is 0 Å². The Bertz CT molecular complexity index is 433. The molecule has 0 unspecified atom stereocenters. The minimum absolute atomic E-state index is 0.155. The summed E-state index contributed by atoms with van der Waals surface area (Å²) >= 11 is 0. The molecule has 1 aromatic carbocycles. The molecule has 1 aromatic rings. The summed E-state index contributed by atoms with van der Waals surface area (Å²) in [5, 5.41) is 11.3. The predicted molar refractivity (Wildman–Crippen MR) is 71.8 cm³/mol. The Morgan fingerprint density at radius 2 is 2.06 bits per heavy atom. The lowest BCUT2D eigenvalue weighted by molar-refractivity contribution is -0.118. The highest BCUT2D eigenvalue weighted by Gasteiger charge is 2.19. The van der Waals surface area contributed by atoms with E-state index in [2.05, 4.69) is 11.4 Å². The molecule has 0 saturated carbocycles. The topological polar surface area (TPSA) is 78.9 Å².